The lowest BCUT2D eigenvalue weighted by Gasteiger charge is -2.32. The summed E-state index contributed by atoms with van der Waals surface area (Å²) in [6, 6.07) is 0.118. The van der Waals surface area contributed by atoms with Crippen LogP contribution < -0.4 is 11.1 Å². The SMILES string of the molecule is CN(C)CCC(NC(=O)c1csc(CCN)n1)C(C)(C)C. The highest BCUT2D eigenvalue weighted by molar-refractivity contribution is 7.09. The Morgan fingerprint density at radius 2 is 2.14 bits per heavy atom. The molecule has 6 heteroatoms. The molecule has 0 saturated heterocycles. The van der Waals surface area contributed by atoms with Gasteiger partial charge in [-0.15, -0.1) is 11.3 Å². The van der Waals surface area contributed by atoms with Crippen molar-refractivity contribution in [1.29, 1.82) is 0 Å². The summed E-state index contributed by atoms with van der Waals surface area (Å²) in [6.07, 6.45) is 1.64. The van der Waals surface area contributed by atoms with Crippen molar-refractivity contribution in [1.82, 2.24) is 15.2 Å². The van der Waals surface area contributed by atoms with Crippen LogP contribution in [0.1, 0.15) is 42.7 Å². The Labute approximate surface area is 131 Å². The minimum absolute atomic E-state index is 0.0157. The largest absolute Gasteiger partial charge is 0.347 e. The Hall–Kier alpha value is -0.980. The van der Waals surface area contributed by atoms with E-state index in [4.69, 9.17) is 5.73 Å². The first kappa shape index (κ1) is 18.1. The van der Waals surface area contributed by atoms with Crippen molar-refractivity contribution in [3.05, 3.63) is 16.1 Å². The summed E-state index contributed by atoms with van der Waals surface area (Å²) in [7, 11) is 4.09. The van der Waals surface area contributed by atoms with Crippen LogP contribution in [-0.4, -0.2) is 49.0 Å². The van der Waals surface area contributed by atoms with Gasteiger partial charge in [-0.1, -0.05) is 20.8 Å². The first-order valence-electron chi connectivity index (χ1n) is 7.34. The van der Waals surface area contributed by atoms with Gasteiger partial charge >= 0.3 is 0 Å². The second-order valence-corrected chi connectivity index (χ2v) is 7.59. The van der Waals surface area contributed by atoms with Crippen LogP contribution >= 0.6 is 11.3 Å². The summed E-state index contributed by atoms with van der Waals surface area (Å²) in [5, 5.41) is 5.86. The van der Waals surface area contributed by atoms with E-state index in [2.05, 4.69) is 36.0 Å². The molecule has 1 amide bonds. The normalized spacial score (nSPS) is 13.5. The number of aromatic nitrogens is 1. The molecule has 0 aliphatic carbocycles. The van der Waals surface area contributed by atoms with Gasteiger partial charge in [0.25, 0.3) is 5.91 Å². The van der Waals surface area contributed by atoms with Crippen molar-refractivity contribution in [2.45, 2.75) is 39.7 Å². The van der Waals surface area contributed by atoms with Crippen molar-refractivity contribution >= 4 is 17.2 Å². The predicted octanol–water partition coefficient (Wildman–Crippen LogP) is 1.74. The lowest BCUT2D eigenvalue weighted by Crippen LogP contribution is -2.45. The van der Waals surface area contributed by atoms with Crippen molar-refractivity contribution in [2.75, 3.05) is 27.2 Å². The molecule has 1 atom stereocenters. The fourth-order valence-electron chi connectivity index (χ4n) is 1.99. The second kappa shape index (κ2) is 7.87. The van der Waals surface area contributed by atoms with E-state index in [0.29, 0.717) is 12.2 Å². The Bertz CT molecular complexity index is 451. The summed E-state index contributed by atoms with van der Waals surface area (Å²) in [5.74, 6) is -0.0896. The first-order chi connectivity index (χ1) is 9.74. The van der Waals surface area contributed by atoms with E-state index in [1.807, 2.05) is 19.5 Å². The molecule has 120 valence electrons. The molecule has 0 aliphatic rings. The summed E-state index contributed by atoms with van der Waals surface area (Å²) in [5.41, 5.74) is 6.03. The predicted molar refractivity (Wildman–Crippen MR) is 88.8 cm³/mol. The van der Waals surface area contributed by atoms with E-state index < -0.39 is 0 Å². The molecule has 1 aromatic rings. The van der Waals surface area contributed by atoms with E-state index in [-0.39, 0.29) is 17.4 Å². The average molecular weight is 312 g/mol. The van der Waals surface area contributed by atoms with E-state index >= 15 is 0 Å². The van der Waals surface area contributed by atoms with Crippen LogP contribution in [0.15, 0.2) is 5.38 Å². The third-order valence-corrected chi connectivity index (χ3v) is 4.27. The van der Waals surface area contributed by atoms with E-state index in [9.17, 15) is 4.79 Å². The van der Waals surface area contributed by atoms with Gasteiger partial charge in [0.1, 0.15) is 5.69 Å². The van der Waals surface area contributed by atoms with E-state index in [1.54, 1.807) is 0 Å². The number of nitrogens with zero attached hydrogens (tertiary/aromatic N) is 2. The monoisotopic (exact) mass is 312 g/mol. The van der Waals surface area contributed by atoms with Crippen LogP contribution in [0.5, 0.6) is 0 Å². The summed E-state index contributed by atoms with van der Waals surface area (Å²) in [4.78, 5) is 18.8. The molecule has 1 heterocycles. The minimum Gasteiger partial charge on any atom is -0.347 e. The number of amides is 1. The van der Waals surface area contributed by atoms with Gasteiger partial charge in [0, 0.05) is 17.8 Å². The van der Waals surface area contributed by atoms with Crippen LogP contribution in [0.25, 0.3) is 0 Å². The number of carbonyl (C=O) groups excluding carboxylic acids is 1. The summed E-state index contributed by atoms with van der Waals surface area (Å²) < 4.78 is 0. The van der Waals surface area contributed by atoms with Crippen molar-refractivity contribution in [3.8, 4) is 0 Å². The van der Waals surface area contributed by atoms with Crippen molar-refractivity contribution in [2.24, 2.45) is 11.1 Å². The fraction of sp³-hybridized carbons (Fsp3) is 0.733. The molecular formula is C15H28N4OS. The Kier molecular flexibility index (Phi) is 6.77. The van der Waals surface area contributed by atoms with Crippen LogP contribution in [-0.2, 0) is 6.42 Å². The number of carbonyl (C=O) groups is 1. The average Bonchev–Trinajstić information content (AvgIpc) is 2.81. The molecule has 0 radical (unpaired) electrons. The lowest BCUT2D eigenvalue weighted by atomic mass is 9.84. The van der Waals surface area contributed by atoms with Crippen LogP contribution in [0.4, 0.5) is 0 Å². The van der Waals surface area contributed by atoms with Gasteiger partial charge in [-0.05, 0) is 39.0 Å². The number of thiazole rings is 1. The van der Waals surface area contributed by atoms with Gasteiger partial charge < -0.3 is 16.0 Å². The second-order valence-electron chi connectivity index (χ2n) is 6.65. The molecule has 0 fully saturated rings. The summed E-state index contributed by atoms with van der Waals surface area (Å²) in [6.45, 7) is 7.94. The highest BCUT2D eigenvalue weighted by Gasteiger charge is 2.27. The molecule has 3 N–H and O–H groups in total. The van der Waals surface area contributed by atoms with Crippen LogP contribution in [0.3, 0.4) is 0 Å². The van der Waals surface area contributed by atoms with E-state index in [1.165, 1.54) is 11.3 Å². The fourth-order valence-corrected chi connectivity index (χ4v) is 2.79. The maximum absolute atomic E-state index is 12.4. The number of rotatable bonds is 7. The van der Waals surface area contributed by atoms with Crippen molar-refractivity contribution < 1.29 is 4.79 Å². The molecule has 0 aliphatic heterocycles. The first-order valence-corrected chi connectivity index (χ1v) is 8.22. The standard InChI is InChI=1S/C15H28N4OS/c1-15(2,3)12(7-9-19(4)5)18-14(20)11-10-21-13(17-11)6-8-16/h10,12H,6-9,16H2,1-5H3,(H,18,20). The highest BCUT2D eigenvalue weighted by Crippen LogP contribution is 2.22. The van der Waals surface area contributed by atoms with Crippen LogP contribution in [0.2, 0.25) is 0 Å². The molecule has 0 spiro atoms. The molecule has 0 bridgehead atoms. The summed E-state index contributed by atoms with van der Waals surface area (Å²) >= 11 is 1.50. The molecule has 0 saturated carbocycles. The van der Waals surface area contributed by atoms with Gasteiger partial charge in [-0.2, -0.15) is 0 Å². The molecule has 5 nitrogen and oxygen atoms in total. The van der Waals surface area contributed by atoms with Crippen molar-refractivity contribution in [3.63, 3.8) is 0 Å². The highest BCUT2D eigenvalue weighted by atomic mass is 32.1. The lowest BCUT2D eigenvalue weighted by molar-refractivity contribution is 0.0888. The number of hydrogen-bond donors (Lipinski definition) is 2. The van der Waals surface area contributed by atoms with E-state index in [0.717, 1.165) is 24.4 Å². The Morgan fingerprint density at radius 3 is 2.67 bits per heavy atom. The minimum atomic E-state index is -0.0896. The molecule has 21 heavy (non-hydrogen) atoms. The topological polar surface area (TPSA) is 71.2 Å². The molecule has 1 rings (SSSR count). The maximum Gasteiger partial charge on any atom is 0.270 e. The third kappa shape index (κ3) is 6.11. The third-order valence-electron chi connectivity index (χ3n) is 3.36. The van der Waals surface area contributed by atoms with Gasteiger partial charge in [-0.25, -0.2) is 4.98 Å². The maximum atomic E-state index is 12.4. The Morgan fingerprint density at radius 1 is 1.48 bits per heavy atom. The van der Waals surface area contributed by atoms with Gasteiger partial charge in [0.2, 0.25) is 0 Å². The molecule has 0 aromatic carbocycles. The van der Waals surface area contributed by atoms with Gasteiger partial charge in [0.05, 0.1) is 5.01 Å². The smallest absolute Gasteiger partial charge is 0.270 e. The van der Waals surface area contributed by atoms with Crippen LogP contribution in [0, 0.1) is 5.41 Å². The molecular weight excluding hydrogens is 284 g/mol. The number of hydrogen-bond acceptors (Lipinski definition) is 5. The zero-order chi connectivity index (χ0) is 16.0. The molecule has 1 aromatic heterocycles. The zero-order valence-corrected chi connectivity index (χ0v) is 14.6. The molecule has 1 unspecified atom stereocenters. The van der Waals surface area contributed by atoms with Gasteiger partial charge in [-0.3, -0.25) is 4.79 Å². The van der Waals surface area contributed by atoms with Gasteiger partial charge in [0.15, 0.2) is 0 Å². The Balaban J connectivity index is 2.70. The number of nitrogens with two attached hydrogens (primary N) is 1. The quantitative estimate of drug-likeness (QED) is 0.804. The number of nitrogens with one attached hydrogen (secondary N) is 1. The zero-order valence-electron chi connectivity index (χ0n) is 13.8.